The number of amides is 1. The highest BCUT2D eigenvalue weighted by Gasteiger charge is 2.47. The third-order valence-electron chi connectivity index (χ3n) is 5.62. The van der Waals surface area contributed by atoms with Crippen molar-refractivity contribution in [2.45, 2.75) is 52.6 Å². The molecule has 1 aliphatic carbocycles. The van der Waals surface area contributed by atoms with Crippen LogP contribution in [0.1, 0.15) is 45.6 Å². The van der Waals surface area contributed by atoms with Crippen molar-refractivity contribution in [1.82, 2.24) is 9.80 Å². The van der Waals surface area contributed by atoms with Crippen molar-refractivity contribution in [3.8, 4) is 0 Å². The van der Waals surface area contributed by atoms with Gasteiger partial charge in [-0.15, -0.1) is 0 Å². The number of hydrogen-bond donors (Lipinski definition) is 0. The molecule has 1 atom stereocenters. The van der Waals surface area contributed by atoms with Crippen LogP contribution in [-0.4, -0.2) is 41.4 Å². The molecule has 0 aromatic heterocycles. The van der Waals surface area contributed by atoms with Crippen molar-refractivity contribution >= 4 is 5.91 Å². The maximum atomic E-state index is 13.1. The Morgan fingerprint density at radius 1 is 1.25 bits per heavy atom. The molecule has 3 rings (SSSR count). The monoisotopic (exact) mass is 332 g/mol. The van der Waals surface area contributed by atoms with Crippen molar-refractivity contribution < 1.29 is 9.18 Å². The van der Waals surface area contributed by atoms with Gasteiger partial charge in [0.1, 0.15) is 5.82 Å². The van der Waals surface area contributed by atoms with Gasteiger partial charge in [0.25, 0.3) is 0 Å². The van der Waals surface area contributed by atoms with E-state index < -0.39 is 0 Å². The summed E-state index contributed by atoms with van der Waals surface area (Å²) in [5.74, 6) is 0.632. The van der Waals surface area contributed by atoms with Gasteiger partial charge in [-0.1, -0.05) is 32.9 Å². The van der Waals surface area contributed by atoms with Crippen LogP contribution < -0.4 is 0 Å². The van der Waals surface area contributed by atoms with E-state index in [4.69, 9.17) is 0 Å². The molecule has 2 fully saturated rings. The Kier molecular flexibility index (Phi) is 4.95. The van der Waals surface area contributed by atoms with Crippen LogP contribution >= 0.6 is 0 Å². The summed E-state index contributed by atoms with van der Waals surface area (Å²) in [7, 11) is 0. The zero-order valence-corrected chi connectivity index (χ0v) is 15.1. The number of rotatable bonds is 4. The highest BCUT2D eigenvalue weighted by atomic mass is 19.1. The second kappa shape index (κ2) is 6.83. The van der Waals surface area contributed by atoms with Crippen LogP contribution in [0.4, 0.5) is 4.39 Å². The SMILES string of the molecule is CC(C)[C@@H]1CN(C(=O)C2(C)CC2)CCCN1Cc1ccc(F)cc1. The Morgan fingerprint density at radius 3 is 2.50 bits per heavy atom. The zero-order chi connectivity index (χ0) is 17.3. The molecule has 1 heterocycles. The highest BCUT2D eigenvalue weighted by molar-refractivity contribution is 5.85. The minimum absolute atomic E-state index is 0.0896. The average Bonchev–Trinajstić information content (AvgIpc) is 3.32. The van der Waals surface area contributed by atoms with E-state index in [9.17, 15) is 9.18 Å². The molecule has 0 spiro atoms. The van der Waals surface area contributed by atoms with E-state index >= 15 is 0 Å². The molecule has 1 saturated heterocycles. The molecule has 0 unspecified atom stereocenters. The van der Waals surface area contributed by atoms with E-state index in [1.807, 2.05) is 12.1 Å². The minimum Gasteiger partial charge on any atom is -0.341 e. The molecular weight excluding hydrogens is 303 g/mol. The lowest BCUT2D eigenvalue weighted by atomic mass is 10.0. The quantitative estimate of drug-likeness (QED) is 0.840. The van der Waals surface area contributed by atoms with E-state index in [2.05, 4.69) is 30.6 Å². The molecule has 1 aromatic rings. The smallest absolute Gasteiger partial charge is 0.228 e. The molecule has 2 aliphatic rings. The van der Waals surface area contributed by atoms with Crippen LogP contribution in [0.3, 0.4) is 0 Å². The Balaban J connectivity index is 1.72. The molecule has 1 aromatic carbocycles. The fourth-order valence-corrected chi connectivity index (χ4v) is 3.68. The summed E-state index contributed by atoms with van der Waals surface area (Å²) < 4.78 is 13.1. The molecule has 24 heavy (non-hydrogen) atoms. The molecular formula is C20H29FN2O. The summed E-state index contributed by atoms with van der Waals surface area (Å²) >= 11 is 0. The van der Waals surface area contributed by atoms with Crippen LogP contribution in [0.5, 0.6) is 0 Å². The number of carbonyl (C=O) groups is 1. The van der Waals surface area contributed by atoms with Crippen molar-refractivity contribution in [3.63, 3.8) is 0 Å². The van der Waals surface area contributed by atoms with Crippen LogP contribution in [0.25, 0.3) is 0 Å². The van der Waals surface area contributed by atoms with Gasteiger partial charge >= 0.3 is 0 Å². The van der Waals surface area contributed by atoms with E-state index in [-0.39, 0.29) is 11.2 Å². The summed E-state index contributed by atoms with van der Waals surface area (Å²) in [5, 5.41) is 0. The largest absolute Gasteiger partial charge is 0.341 e. The molecule has 4 heteroatoms. The van der Waals surface area contributed by atoms with E-state index in [0.29, 0.717) is 17.9 Å². The van der Waals surface area contributed by atoms with Gasteiger partial charge < -0.3 is 4.90 Å². The third kappa shape index (κ3) is 3.80. The van der Waals surface area contributed by atoms with Crippen molar-refractivity contribution in [2.24, 2.45) is 11.3 Å². The summed E-state index contributed by atoms with van der Waals surface area (Å²) in [5.41, 5.74) is 1.05. The zero-order valence-electron chi connectivity index (χ0n) is 15.1. The van der Waals surface area contributed by atoms with Gasteiger partial charge in [-0.05, 0) is 42.9 Å². The van der Waals surface area contributed by atoms with Crippen LogP contribution in [0.2, 0.25) is 0 Å². The van der Waals surface area contributed by atoms with E-state index in [0.717, 1.165) is 51.0 Å². The maximum Gasteiger partial charge on any atom is 0.228 e. The number of nitrogens with zero attached hydrogens (tertiary/aromatic N) is 2. The predicted molar refractivity (Wildman–Crippen MR) is 94.0 cm³/mol. The molecule has 1 aliphatic heterocycles. The lowest BCUT2D eigenvalue weighted by molar-refractivity contribution is -0.136. The summed E-state index contributed by atoms with van der Waals surface area (Å²) in [6.07, 6.45) is 3.08. The first-order chi connectivity index (χ1) is 11.4. The van der Waals surface area contributed by atoms with Gasteiger partial charge in [0.15, 0.2) is 0 Å². The first-order valence-electron chi connectivity index (χ1n) is 9.17. The van der Waals surface area contributed by atoms with Gasteiger partial charge in [0.2, 0.25) is 5.91 Å². The molecule has 0 bridgehead atoms. The van der Waals surface area contributed by atoms with Gasteiger partial charge in [-0.2, -0.15) is 0 Å². The molecule has 3 nitrogen and oxygen atoms in total. The average molecular weight is 332 g/mol. The van der Waals surface area contributed by atoms with Crippen LogP contribution in [0, 0.1) is 17.2 Å². The number of hydrogen-bond acceptors (Lipinski definition) is 2. The normalized spacial score (nSPS) is 24.0. The Morgan fingerprint density at radius 2 is 1.92 bits per heavy atom. The van der Waals surface area contributed by atoms with Gasteiger partial charge in [0.05, 0.1) is 0 Å². The van der Waals surface area contributed by atoms with Gasteiger partial charge in [-0.3, -0.25) is 9.69 Å². The molecule has 0 N–H and O–H groups in total. The second-order valence-corrected chi connectivity index (χ2v) is 8.07. The number of benzene rings is 1. The van der Waals surface area contributed by atoms with Gasteiger partial charge in [-0.25, -0.2) is 4.39 Å². The third-order valence-corrected chi connectivity index (χ3v) is 5.62. The molecule has 1 saturated carbocycles. The Hall–Kier alpha value is -1.42. The molecule has 0 radical (unpaired) electrons. The number of halogens is 1. The topological polar surface area (TPSA) is 23.6 Å². The van der Waals surface area contributed by atoms with Crippen molar-refractivity contribution in [3.05, 3.63) is 35.6 Å². The summed E-state index contributed by atoms with van der Waals surface area (Å²) in [4.78, 5) is 17.3. The standard InChI is InChI=1S/C20H29FN2O/c1-15(2)18-14-23(19(24)20(3)9-10-20)12-4-11-22(18)13-16-5-7-17(21)8-6-16/h5-8,15,18H,4,9-14H2,1-3H3/t18-/m0/s1. The Bertz CT molecular complexity index is 580. The first-order valence-corrected chi connectivity index (χ1v) is 9.17. The van der Waals surface area contributed by atoms with Gasteiger partial charge in [0, 0.05) is 37.6 Å². The highest BCUT2D eigenvalue weighted by Crippen LogP contribution is 2.46. The Labute approximate surface area is 144 Å². The summed E-state index contributed by atoms with van der Waals surface area (Å²) in [6, 6.07) is 7.14. The predicted octanol–water partition coefficient (Wildman–Crippen LogP) is 3.68. The van der Waals surface area contributed by atoms with Crippen molar-refractivity contribution in [1.29, 1.82) is 0 Å². The second-order valence-electron chi connectivity index (χ2n) is 8.07. The molecule has 132 valence electrons. The maximum absolute atomic E-state index is 13.1. The number of carbonyl (C=O) groups excluding carboxylic acids is 1. The van der Waals surface area contributed by atoms with E-state index in [1.165, 1.54) is 12.1 Å². The fraction of sp³-hybridized carbons (Fsp3) is 0.650. The van der Waals surface area contributed by atoms with Crippen molar-refractivity contribution in [2.75, 3.05) is 19.6 Å². The molecule has 1 amide bonds. The minimum atomic E-state index is -0.190. The summed E-state index contributed by atoms with van der Waals surface area (Å²) in [6.45, 7) is 10.0. The fourth-order valence-electron chi connectivity index (χ4n) is 3.68. The van der Waals surface area contributed by atoms with Crippen LogP contribution in [-0.2, 0) is 11.3 Å². The lowest BCUT2D eigenvalue weighted by Crippen LogP contribution is -2.46. The van der Waals surface area contributed by atoms with Crippen LogP contribution in [0.15, 0.2) is 24.3 Å². The van der Waals surface area contributed by atoms with E-state index in [1.54, 1.807) is 0 Å². The first kappa shape index (κ1) is 17.4. The lowest BCUT2D eigenvalue weighted by Gasteiger charge is -2.35.